The summed E-state index contributed by atoms with van der Waals surface area (Å²) in [6, 6.07) is 14.2. The van der Waals surface area contributed by atoms with Gasteiger partial charge in [-0.1, -0.05) is 18.2 Å². The number of alkyl halides is 3. The zero-order valence-electron chi connectivity index (χ0n) is 19.5. The number of amides is 1. The number of aliphatic imine (C=N–C) groups is 1. The molecule has 2 aromatic carbocycles. The average Bonchev–Trinajstić information content (AvgIpc) is 3.27. The summed E-state index contributed by atoms with van der Waals surface area (Å²) in [4.78, 5) is 23.6. The molecule has 3 aromatic rings. The van der Waals surface area contributed by atoms with Crippen LogP contribution in [0.25, 0.3) is 11.1 Å². The number of rotatable bonds is 3. The lowest BCUT2D eigenvalue weighted by Crippen LogP contribution is -2.22. The van der Waals surface area contributed by atoms with Gasteiger partial charge in [-0.25, -0.2) is 0 Å². The standard InChI is InChI=1S/C27H25F3N4O/c1-16-10-20(11-17(2)31-16)18-6-5-7-19(12-18)22-15-26(35)33-23-13-21(27(28,29)30)25(14-24(23)32-22)34-8-3-4-9-34/h5-7,10-14H,3-4,8-9,15H2,1-2H3,(H,33,35). The van der Waals surface area contributed by atoms with Crippen molar-refractivity contribution in [3.63, 3.8) is 0 Å². The van der Waals surface area contributed by atoms with Gasteiger partial charge in [-0.3, -0.25) is 14.8 Å². The number of anilines is 2. The third kappa shape index (κ3) is 4.78. The van der Waals surface area contributed by atoms with Crippen molar-refractivity contribution in [3.8, 4) is 11.1 Å². The van der Waals surface area contributed by atoms with Gasteiger partial charge in [0.2, 0.25) is 5.91 Å². The quantitative estimate of drug-likeness (QED) is 0.471. The second-order valence-electron chi connectivity index (χ2n) is 9.08. The van der Waals surface area contributed by atoms with E-state index in [1.165, 1.54) is 6.07 Å². The molecule has 8 heteroatoms. The fraction of sp³-hybridized carbons (Fsp3) is 0.296. The molecule has 0 aliphatic carbocycles. The van der Waals surface area contributed by atoms with Gasteiger partial charge < -0.3 is 10.2 Å². The van der Waals surface area contributed by atoms with Gasteiger partial charge in [0.05, 0.1) is 34.8 Å². The first-order valence-corrected chi connectivity index (χ1v) is 11.6. The number of hydrogen-bond donors (Lipinski definition) is 1. The average molecular weight is 479 g/mol. The van der Waals surface area contributed by atoms with Crippen LogP contribution in [0.3, 0.4) is 0 Å². The molecule has 35 heavy (non-hydrogen) atoms. The molecule has 1 aromatic heterocycles. The lowest BCUT2D eigenvalue weighted by atomic mass is 9.99. The van der Waals surface area contributed by atoms with Crippen LogP contribution in [0.2, 0.25) is 0 Å². The van der Waals surface area contributed by atoms with Crippen molar-refractivity contribution in [3.05, 3.63) is 71.0 Å². The van der Waals surface area contributed by atoms with Crippen molar-refractivity contribution in [2.24, 2.45) is 4.99 Å². The van der Waals surface area contributed by atoms with Crippen LogP contribution < -0.4 is 10.2 Å². The van der Waals surface area contributed by atoms with E-state index in [4.69, 9.17) is 4.99 Å². The number of fused-ring (bicyclic) bond motifs is 1. The van der Waals surface area contributed by atoms with Crippen LogP contribution >= 0.6 is 0 Å². The van der Waals surface area contributed by atoms with Gasteiger partial charge in [0.25, 0.3) is 0 Å². The van der Waals surface area contributed by atoms with Crippen LogP contribution in [0, 0.1) is 13.8 Å². The molecule has 1 N–H and O–H groups in total. The monoisotopic (exact) mass is 478 g/mol. The van der Waals surface area contributed by atoms with Gasteiger partial charge in [0, 0.05) is 24.5 Å². The fourth-order valence-electron chi connectivity index (χ4n) is 4.79. The van der Waals surface area contributed by atoms with E-state index in [-0.39, 0.29) is 17.8 Å². The Hall–Kier alpha value is -3.68. The van der Waals surface area contributed by atoms with Crippen molar-refractivity contribution >= 4 is 28.7 Å². The third-order valence-electron chi connectivity index (χ3n) is 6.33. The highest BCUT2D eigenvalue weighted by Gasteiger charge is 2.37. The van der Waals surface area contributed by atoms with Gasteiger partial charge in [-0.2, -0.15) is 13.2 Å². The molecule has 1 saturated heterocycles. The van der Waals surface area contributed by atoms with Crippen molar-refractivity contribution in [2.45, 2.75) is 39.3 Å². The first kappa shape index (κ1) is 23.1. The number of benzene rings is 2. The molecular formula is C27H25F3N4O. The lowest BCUT2D eigenvalue weighted by Gasteiger charge is -2.24. The minimum absolute atomic E-state index is 0.0348. The fourth-order valence-corrected chi connectivity index (χ4v) is 4.79. The summed E-state index contributed by atoms with van der Waals surface area (Å²) < 4.78 is 41.7. The molecule has 0 saturated carbocycles. The van der Waals surface area contributed by atoms with E-state index in [0.29, 0.717) is 24.5 Å². The summed E-state index contributed by atoms with van der Waals surface area (Å²) in [5, 5.41) is 2.63. The predicted molar refractivity (Wildman–Crippen MR) is 131 cm³/mol. The Bertz CT molecular complexity index is 1320. The number of pyridine rings is 1. The van der Waals surface area contributed by atoms with E-state index in [1.807, 2.05) is 50.2 Å². The number of carbonyl (C=O) groups excluding carboxylic acids is 1. The topological polar surface area (TPSA) is 57.6 Å². The summed E-state index contributed by atoms with van der Waals surface area (Å²) >= 11 is 0. The molecule has 180 valence electrons. The highest BCUT2D eigenvalue weighted by molar-refractivity contribution is 6.17. The zero-order valence-corrected chi connectivity index (χ0v) is 19.5. The van der Waals surface area contributed by atoms with Gasteiger partial charge in [0.15, 0.2) is 0 Å². The second kappa shape index (κ2) is 8.83. The molecule has 0 bridgehead atoms. The lowest BCUT2D eigenvalue weighted by molar-refractivity contribution is -0.137. The molecule has 2 aliphatic heterocycles. The molecule has 2 aliphatic rings. The number of hydrogen-bond acceptors (Lipinski definition) is 4. The summed E-state index contributed by atoms with van der Waals surface area (Å²) in [5.74, 6) is -0.398. The van der Waals surface area contributed by atoms with Crippen LogP contribution in [-0.4, -0.2) is 29.7 Å². The molecule has 5 nitrogen and oxygen atoms in total. The zero-order chi connectivity index (χ0) is 24.7. The maximum Gasteiger partial charge on any atom is 0.418 e. The number of aryl methyl sites for hydroxylation is 2. The molecule has 0 radical (unpaired) electrons. The van der Waals surface area contributed by atoms with Crippen molar-refractivity contribution in [1.82, 2.24) is 4.98 Å². The van der Waals surface area contributed by atoms with Crippen LogP contribution in [0.1, 0.15) is 41.8 Å². The smallest absolute Gasteiger partial charge is 0.371 e. The van der Waals surface area contributed by atoms with Crippen LogP contribution in [-0.2, 0) is 11.0 Å². The maximum absolute atomic E-state index is 13.9. The molecule has 0 spiro atoms. The molecule has 3 heterocycles. The Morgan fingerprint density at radius 1 is 0.914 bits per heavy atom. The number of nitrogens with one attached hydrogen (secondary N) is 1. The van der Waals surface area contributed by atoms with E-state index in [2.05, 4.69) is 10.3 Å². The van der Waals surface area contributed by atoms with E-state index >= 15 is 0 Å². The van der Waals surface area contributed by atoms with Crippen molar-refractivity contribution in [2.75, 3.05) is 23.3 Å². The molecular weight excluding hydrogens is 453 g/mol. The molecule has 1 fully saturated rings. The first-order valence-electron chi connectivity index (χ1n) is 11.6. The minimum Gasteiger partial charge on any atom is -0.371 e. The highest BCUT2D eigenvalue weighted by Crippen LogP contribution is 2.44. The normalized spacial score (nSPS) is 16.0. The van der Waals surface area contributed by atoms with Crippen molar-refractivity contribution < 1.29 is 18.0 Å². The Labute approximate surface area is 201 Å². The number of nitrogens with zero attached hydrogens (tertiary/aromatic N) is 3. The van der Waals surface area contributed by atoms with Crippen LogP contribution in [0.5, 0.6) is 0 Å². The second-order valence-corrected chi connectivity index (χ2v) is 9.08. The summed E-state index contributed by atoms with van der Waals surface area (Å²) in [7, 11) is 0. The van der Waals surface area contributed by atoms with Gasteiger partial charge in [-0.05, 0) is 73.7 Å². The summed E-state index contributed by atoms with van der Waals surface area (Å²) in [6.45, 7) is 5.00. The van der Waals surface area contributed by atoms with Gasteiger partial charge in [-0.15, -0.1) is 0 Å². The summed E-state index contributed by atoms with van der Waals surface area (Å²) in [6.07, 6.45) is -2.88. The largest absolute Gasteiger partial charge is 0.418 e. The van der Waals surface area contributed by atoms with Gasteiger partial charge >= 0.3 is 6.18 Å². The molecule has 5 rings (SSSR count). The maximum atomic E-state index is 13.9. The number of carbonyl (C=O) groups is 1. The Morgan fingerprint density at radius 2 is 1.60 bits per heavy atom. The molecule has 1 amide bonds. The van der Waals surface area contributed by atoms with Gasteiger partial charge in [0.1, 0.15) is 0 Å². The van der Waals surface area contributed by atoms with Crippen LogP contribution in [0.15, 0.2) is 53.5 Å². The number of aromatic nitrogens is 1. The van der Waals surface area contributed by atoms with E-state index in [1.54, 1.807) is 4.90 Å². The van der Waals surface area contributed by atoms with E-state index in [0.717, 1.165) is 47.0 Å². The highest BCUT2D eigenvalue weighted by atomic mass is 19.4. The summed E-state index contributed by atoms with van der Waals surface area (Å²) in [5.41, 5.74) is 4.81. The SMILES string of the molecule is Cc1cc(-c2cccc(C3=Nc4cc(N5CCCC5)c(C(F)(F)F)cc4NC(=O)C3)c2)cc(C)n1. The van der Waals surface area contributed by atoms with E-state index in [9.17, 15) is 18.0 Å². The third-order valence-corrected chi connectivity index (χ3v) is 6.33. The van der Waals surface area contributed by atoms with E-state index < -0.39 is 17.6 Å². The Balaban J connectivity index is 1.61. The molecule has 0 unspecified atom stereocenters. The Morgan fingerprint density at radius 3 is 2.29 bits per heavy atom. The Kier molecular flexibility index (Phi) is 5.83. The number of halogens is 3. The predicted octanol–water partition coefficient (Wildman–Crippen LogP) is 6.45. The first-order chi connectivity index (χ1) is 16.7. The van der Waals surface area contributed by atoms with Crippen molar-refractivity contribution in [1.29, 1.82) is 0 Å². The molecule has 0 atom stereocenters. The minimum atomic E-state index is -4.54. The van der Waals surface area contributed by atoms with Crippen LogP contribution in [0.4, 0.5) is 30.2 Å².